The van der Waals surface area contributed by atoms with Gasteiger partial charge in [0.05, 0.1) is 3.81 Å². The summed E-state index contributed by atoms with van der Waals surface area (Å²) in [6.07, 6.45) is 1.91. The van der Waals surface area contributed by atoms with E-state index in [4.69, 9.17) is 0 Å². The molecular formula is C2H2BrNS2. The van der Waals surface area contributed by atoms with Crippen LogP contribution in [-0.2, 0) is 0 Å². The molecule has 0 saturated carbocycles. The standard InChI is InChI=1S/C2H2BrNS2/c3-2-1-4-6-5-2/h1,4H. The van der Waals surface area contributed by atoms with Crippen molar-refractivity contribution in [3.8, 4) is 0 Å². The average molecular weight is 184 g/mol. The fourth-order valence-corrected chi connectivity index (χ4v) is 2.17. The van der Waals surface area contributed by atoms with Crippen LogP contribution in [0.15, 0.2) is 10.0 Å². The Hall–Kier alpha value is 0.720. The van der Waals surface area contributed by atoms with Gasteiger partial charge in [-0.15, -0.1) is 0 Å². The molecule has 1 N–H and O–H groups in total. The third-order valence-electron chi connectivity index (χ3n) is 0.342. The summed E-state index contributed by atoms with van der Waals surface area (Å²) in [5.41, 5.74) is 0. The van der Waals surface area contributed by atoms with Crippen molar-refractivity contribution >= 4 is 37.7 Å². The van der Waals surface area contributed by atoms with E-state index in [1.54, 1.807) is 21.8 Å². The molecule has 34 valence electrons. The lowest BCUT2D eigenvalue weighted by Gasteiger charge is -1.76. The molecule has 0 unspecified atom stereocenters. The molecule has 0 aliphatic carbocycles. The first-order chi connectivity index (χ1) is 2.89. The lowest BCUT2D eigenvalue weighted by molar-refractivity contribution is 1.45. The van der Waals surface area contributed by atoms with Gasteiger partial charge in [-0.05, 0) is 26.7 Å². The largest absolute Gasteiger partial charge is 0.325 e. The van der Waals surface area contributed by atoms with Crippen molar-refractivity contribution in [2.45, 2.75) is 0 Å². The molecule has 0 spiro atoms. The maximum atomic E-state index is 3.28. The highest BCUT2D eigenvalue weighted by Gasteiger charge is 1.97. The zero-order valence-corrected chi connectivity index (χ0v) is 5.99. The van der Waals surface area contributed by atoms with Gasteiger partial charge in [-0.25, -0.2) is 0 Å². The van der Waals surface area contributed by atoms with Crippen LogP contribution in [-0.4, -0.2) is 0 Å². The van der Waals surface area contributed by atoms with Crippen LogP contribution in [0.25, 0.3) is 0 Å². The molecule has 0 fully saturated rings. The van der Waals surface area contributed by atoms with Gasteiger partial charge in [-0.1, -0.05) is 0 Å². The number of hydrogen-bond donors (Lipinski definition) is 1. The Morgan fingerprint density at radius 1 is 1.83 bits per heavy atom. The Balaban J connectivity index is 2.45. The van der Waals surface area contributed by atoms with E-state index < -0.39 is 0 Å². The zero-order chi connectivity index (χ0) is 4.41. The molecule has 0 amide bonds. The lowest BCUT2D eigenvalue weighted by atomic mass is 11.1. The number of hydrogen-bond acceptors (Lipinski definition) is 3. The van der Waals surface area contributed by atoms with E-state index in [0.717, 1.165) is 3.81 Å². The van der Waals surface area contributed by atoms with Crippen molar-refractivity contribution < 1.29 is 0 Å². The van der Waals surface area contributed by atoms with Crippen LogP contribution in [0.4, 0.5) is 0 Å². The van der Waals surface area contributed by atoms with Crippen molar-refractivity contribution in [2.75, 3.05) is 0 Å². The highest BCUT2D eigenvalue weighted by molar-refractivity contribution is 9.16. The molecule has 0 radical (unpaired) electrons. The van der Waals surface area contributed by atoms with Crippen molar-refractivity contribution in [3.05, 3.63) is 10.0 Å². The van der Waals surface area contributed by atoms with Crippen LogP contribution < -0.4 is 4.72 Å². The van der Waals surface area contributed by atoms with Crippen molar-refractivity contribution in [2.24, 2.45) is 0 Å². The third-order valence-corrected chi connectivity index (χ3v) is 3.35. The summed E-state index contributed by atoms with van der Waals surface area (Å²) in [5, 5.41) is 0. The summed E-state index contributed by atoms with van der Waals surface area (Å²) in [6.45, 7) is 0. The molecule has 1 nitrogen and oxygen atoms in total. The maximum absolute atomic E-state index is 3.28. The van der Waals surface area contributed by atoms with E-state index in [0.29, 0.717) is 0 Å². The summed E-state index contributed by atoms with van der Waals surface area (Å²) in [5.74, 6) is 0. The lowest BCUT2D eigenvalue weighted by Crippen LogP contribution is -1.76. The van der Waals surface area contributed by atoms with Crippen molar-refractivity contribution in [1.29, 1.82) is 0 Å². The van der Waals surface area contributed by atoms with Crippen LogP contribution in [0.2, 0.25) is 0 Å². The molecule has 1 aliphatic heterocycles. The smallest absolute Gasteiger partial charge is 0.0794 e. The second-order valence-electron chi connectivity index (χ2n) is 0.733. The normalized spacial score (nSPS) is 19.8. The van der Waals surface area contributed by atoms with Gasteiger partial charge in [0.1, 0.15) is 0 Å². The fourth-order valence-electron chi connectivity index (χ4n) is 0.158. The van der Waals surface area contributed by atoms with Gasteiger partial charge in [0.25, 0.3) is 0 Å². The molecule has 0 aromatic heterocycles. The highest BCUT2D eigenvalue weighted by atomic mass is 79.9. The molecule has 0 saturated heterocycles. The van der Waals surface area contributed by atoms with Crippen LogP contribution in [0.3, 0.4) is 0 Å². The van der Waals surface area contributed by atoms with E-state index in [2.05, 4.69) is 20.7 Å². The Kier molecular flexibility index (Phi) is 1.74. The second kappa shape index (κ2) is 2.14. The minimum atomic E-state index is 1.16. The Labute approximate surface area is 52.6 Å². The quantitative estimate of drug-likeness (QED) is 0.457. The summed E-state index contributed by atoms with van der Waals surface area (Å²) >= 11 is 3.28. The first-order valence-electron chi connectivity index (χ1n) is 1.34. The summed E-state index contributed by atoms with van der Waals surface area (Å²) in [4.78, 5) is 0. The topological polar surface area (TPSA) is 12.0 Å². The highest BCUT2D eigenvalue weighted by Crippen LogP contribution is 2.36. The van der Waals surface area contributed by atoms with E-state index in [1.807, 2.05) is 6.20 Å². The molecule has 0 atom stereocenters. The maximum Gasteiger partial charge on any atom is 0.0794 e. The molecule has 6 heavy (non-hydrogen) atoms. The molecule has 1 aliphatic rings. The second-order valence-corrected chi connectivity index (χ2v) is 4.12. The van der Waals surface area contributed by atoms with Gasteiger partial charge in [0.15, 0.2) is 0 Å². The van der Waals surface area contributed by atoms with Crippen LogP contribution in [0, 0.1) is 0 Å². The SMILES string of the molecule is BrC1=CNSS1. The van der Waals surface area contributed by atoms with E-state index >= 15 is 0 Å². The summed E-state index contributed by atoms with van der Waals surface area (Å²) in [7, 11) is 3.29. The molecule has 0 bridgehead atoms. The predicted octanol–water partition coefficient (Wildman–Crippen LogP) is 2.08. The van der Waals surface area contributed by atoms with E-state index in [1.165, 1.54) is 0 Å². The van der Waals surface area contributed by atoms with E-state index in [9.17, 15) is 0 Å². The van der Waals surface area contributed by atoms with Gasteiger partial charge < -0.3 is 4.72 Å². The fraction of sp³-hybridized carbons (Fsp3) is 0. The average Bonchev–Trinajstić information content (AvgIpc) is 1.86. The first-order valence-corrected chi connectivity index (χ1v) is 4.28. The molecular weight excluding hydrogens is 182 g/mol. The van der Waals surface area contributed by atoms with Gasteiger partial charge >= 0.3 is 0 Å². The van der Waals surface area contributed by atoms with Gasteiger partial charge in [0, 0.05) is 17.2 Å². The minimum Gasteiger partial charge on any atom is -0.325 e. The molecule has 0 aromatic rings. The van der Waals surface area contributed by atoms with E-state index in [-0.39, 0.29) is 0 Å². The third kappa shape index (κ3) is 1.10. The zero-order valence-electron chi connectivity index (χ0n) is 2.77. The van der Waals surface area contributed by atoms with Gasteiger partial charge in [-0.3, -0.25) is 0 Å². The summed E-state index contributed by atoms with van der Waals surface area (Å²) < 4.78 is 4.10. The van der Waals surface area contributed by atoms with Crippen LogP contribution in [0.5, 0.6) is 0 Å². The molecule has 1 heterocycles. The number of nitrogens with one attached hydrogen (secondary N) is 1. The monoisotopic (exact) mass is 183 g/mol. The number of rotatable bonds is 0. The Morgan fingerprint density at radius 2 is 2.67 bits per heavy atom. The molecule has 0 aromatic carbocycles. The van der Waals surface area contributed by atoms with Crippen molar-refractivity contribution in [3.63, 3.8) is 0 Å². The minimum absolute atomic E-state index is 1.16. The molecule has 1 rings (SSSR count). The van der Waals surface area contributed by atoms with Crippen molar-refractivity contribution in [1.82, 2.24) is 4.72 Å². The predicted molar refractivity (Wildman–Crippen MR) is 35.3 cm³/mol. The summed E-state index contributed by atoms with van der Waals surface area (Å²) in [6, 6.07) is 0. The molecule has 4 heteroatoms. The number of halogens is 1. The van der Waals surface area contributed by atoms with Crippen LogP contribution >= 0.6 is 37.7 Å². The van der Waals surface area contributed by atoms with Crippen LogP contribution in [0.1, 0.15) is 0 Å². The Bertz CT molecular complexity index is 81.6. The van der Waals surface area contributed by atoms with Gasteiger partial charge in [-0.2, -0.15) is 0 Å². The van der Waals surface area contributed by atoms with Gasteiger partial charge in [0.2, 0.25) is 0 Å². The Morgan fingerprint density at radius 3 is 2.83 bits per heavy atom. The first kappa shape index (κ1) is 4.87.